The highest BCUT2D eigenvalue weighted by molar-refractivity contribution is 6.39. The van der Waals surface area contributed by atoms with Gasteiger partial charge in [-0.05, 0) is 5.54 Å². The summed E-state index contributed by atoms with van der Waals surface area (Å²) in [6.07, 6.45) is 11.9. The summed E-state index contributed by atoms with van der Waals surface area (Å²) < 4.78 is 0. The zero-order chi connectivity index (χ0) is 7.23. The lowest BCUT2D eigenvalue weighted by Gasteiger charge is -2.01. The van der Waals surface area contributed by atoms with Gasteiger partial charge in [0.05, 0.1) is 0 Å². The Morgan fingerprint density at radius 3 is 2.60 bits per heavy atom. The summed E-state index contributed by atoms with van der Waals surface area (Å²) in [5.41, 5.74) is 0.895. The second-order valence-electron chi connectivity index (χ2n) is 2.93. The second-order valence-corrected chi connectivity index (χ2v) is 5.16. The van der Waals surface area contributed by atoms with Crippen molar-refractivity contribution >= 4 is 9.52 Å². The molecule has 1 heteroatoms. The zero-order valence-corrected chi connectivity index (χ0v) is 8.13. The monoisotopic (exact) mass is 152 g/mol. The van der Waals surface area contributed by atoms with E-state index in [9.17, 15) is 0 Å². The van der Waals surface area contributed by atoms with Gasteiger partial charge in [-0.25, -0.2) is 0 Å². The van der Waals surface area contributed by atoms with E-state index in [1.165, 1.54) is 18.9 Å². The van der Waals surface area contributed by atoms with E-state index in [1.807, 2.05) is 0 Å². The van der Waals surface area contributed by atoms with Gasteiger partial charge in [0, 0.05) is 9.52 Å². The zero-order valence-electron chi connectivity index (χ0n) is 6.72. The quantitative estimate of drug-likeness (QED) is 0.428. The van der Waals surface area contributed by atoms with Gasteiger partial charge < -0.3 is 0 Å². The third-order valence-electron chi connectivity index (χ3n) is 1.97. The normalized spacial score (nSPS) is 18.1. The Bertz CT molecular complexity index is 124. The second kappa shape index (κ2) is 4.50. The maximum atomic E-state index is 2.35. The molecule has 0 amide bonds. The van der Waals surface area contributed by atoms with E-state index in [2.05, 4.69) is 31.2 Å². The van der Waals surface area contributed by atoms with Crippen molar-refractivity contribution < 1.29 is 0 Å². The van der Waals surface area contributed by atoms with Gasteiger partial charge >= 0.3 is 0 Å². The molecular weight excluding hydrogens is 136 g/mol. The highest BCUT2D eigenvalue weighted by Gasteiger charge is 2.02. The molecule has 0 heterocycles. The minimum atomic E-state index is 0.203. The number of allylic oxidation sites excluding steroid dienone is 4. The van der Waals surface area contributed by atoms with Gasteiger partial charge in [0.25, 0.3) is 0 Å². The number of rotatable bonds is 4. The lowest BCUT2D eigenvalue weighted by molar-refractivity contribution is 0.876. The van der Waals surface area contributed by atoms with E-state index < -0.39 is 0 Å². The fraction of sp³-hybridized carbons (Fsp3) is 0.556. The van der Waals surface area contributed by atoms with Crippen LogP contribution in [0.3, 0.4) is 0 Å². The SMILES string of the molecule is CCCC[SiH2]C1C=CC=C1. The Balaban J connectivity index is 2.03. The van der Waals surface area contributed by atoms with Crippen LogP contribution in [0.25, 0.3) is 0 Å². The molecule has 0 nitrogen and oxygen atoms in total. The Hall–Kier alpha value is -0.303. The van der Waals surface area contributed by atoms with Gasteiger partial charge in [0.15, 0.2) is 0 Å². The molecule has 0 saturated heterocycles. The minimum absolute atomic E-state index is 0.203. The van der Waals surface area contributed by atoms with Crippen LogP contribution in [0.15, 0.2) is 24.3 Å². The molecule has 1 rings (SSSR count). The van der Waals surface area contributed by atoms with Crippen LogP contribution < -0.4 is 0 Å². The molecule has 0 bridgehead atoms. The topological polar surface area (TPSA) is 0 Å². The van der Waals surface area contributed by atoms with Crippen LogP contribution in [-0.4, -0.2) is 9.52 Å². The Morgan fingerprint density at radius 1 is 1.30 bits per heavy atom. The predicted molar refractivity (Wildman–Crippen MR) is 50.3 cm³/mol. The van der Waals surface area contributed by atoms with Crippen molar-refractivity contribution in [3.8, 4) is 0 Å². The summed E-state index contributed by atoms with van der Waals surface area (Å²) in [6, 6.07) is 1.52. The van der Waals surface area contributed by atoms with Crippen LogP contribution in [-0.2, 0) is 0 Å². The molecule has 1 aliphatic rings. The molecule has 1 aliphatic carbocycles. The first-order valence-corrected chi connectivity index (χ1v) is 6.10. The summed E-state index contributed by atoms with van der Waals surface area (Å²) in [7, 11) is 0.203. The lowest BCUT2D eigenvalue weighted by atomic mass is 10.4. The van der Waals surface area contributed by atoms with E-state index in [0.29, 0.717) is 0 Å². The van der Waals surface area contributed by atoms with Crippen LogP contribution >= 0.6 is 0 Å². The maximum Gasteiger partial charge on any atom is 0.0327 e. The third-order valence-corrected chi connectivity index (χ3v) is 4.09. The standard InChI is InChI=1S/C9H16Si/c1-2-3-8-10-9-6-4-5-7-9/h4-7,9H,2-3,8,10H2,1H3. The van der Waals surface area contributed by atoms with Crippen molar-refractivity contribution in [2.45, 2.75) is 31.4 Å². The van der Waals surface area contributed by atoms with E-state index in [-0.39, 0.29) is 9.52 Å². The fourth-order valence-corrected chi connectivity index (χ4v) is 3.26. The van der Waals surface area contributed by atoms with Crippen molar-refractivity contribution in [2.24, 2.45) is 0 Å². The average molecular weight is 152 g/mol. The molecule has 0 unspecified atom stereocenters. The van der Waals surface area contributed by atoms with Gasteiger partial charge in [0.2, 0.25) is 0 Å². The smallest absolute Gasteiger partial charge is 0.0327 e. The minimum Gasteiger partial charge on any atom is -0.0810 e. The van der Waals surface area contributed by atoms with E-state index in [4.69, 9.17) is 0 Å². The van der Waals surface area contributed by atoms with Crippen molar-refractivity contribution in [3.05, 3.63) is 24.3 Å². The molecule has 0 spiro atoms. The largest absolute Gasteiger partial charge is 0.0810 e. The summed E-state index contributed by atoms with van der Waals surface area (Å²) in [4.78, 5) is 0. The molecular formula is C9H16Si. The molecule has 10 heavy (non-hydrogen) atoms. The first kappa shape index (κ1) is 7.80. The summed E-state index contributed by atoms with van der Waals surface area (Å²) in [5.74, 6) is 0. The van der Waals surface area contributed by atoms with E-state index in [1.54, 1.807) is 0 Å². The van der Waals surface area contributed by atoms with Crippen molar-refractivity contribution in [2.75, 3.05) is 0 Å². The van der Waals surface area contributed by atoms with Crippen molar-refractivity contribution in [1.82, 2.24) is 0 Å². The highest BCUT2D eigenvalue weighted by atomic mass is 28.2. The first-order chi connectivity index (χ1) is 4.93. The van der Waals surface area contributed by atoms with E-state index in [0.717, 1.165) is 5.54 Å². The van der Waals surface area contributed by atoms with Crippen LogP contribution in [0.1, 0.15) is 19.8 Å². The molecule has 0 aliphatic heterocycles. The van der Waals surface area contributed by atoms with Crippen LogP contribution in [0.5, 0.6) is 0 Å². The van der Waals surface area contributed by atoms with Gasteiger partial charge in [-0.3, -0.25) is 0 Å². The van der Waals surface area contributed by atoms with Crippen molar-refractivity contribution in [3.63, 3.8) is 0 Å². The molecule has 0 radical (unpaired) electrons. The Morgan fingerprint density at radius 2 is 2.00 bits per heavy atom. The van der Waals surface area contributed by atoms with Crippen molar-refractivity contribution in [1.29, 1.82) is 0 Å². The lowest BCUT2D eigenvalue weighted by Crippen LogP contribution is -1.94. The average Bonchev–Trinajstić information content (AvgIpc) is 2.41. The van der Waals surface area contributed by atoms with Gasteiger partial charge in [-0.2, -0.15) is 0 Å². The molecule has 0 aromatic carbocycles. The summed E-state index contributed by atoms with van der Waals surface area (Å²) >= 11 is 0. The number of hydrogen-bond acceptors (Lipinski definition) is 0. The number of hydrogen-bond donors (Lipinski definition) is 0. The molecule has 0 aromatic rings. The maximum absolute atomic E-state index is 2.35. The fourth-order valence-electron chi connectivity index (χ4n) is 1.30. The van der Waals surface area contributed by atoms with Gasteiger partial charge in [-0.1, -0.05) is 50.1 Å². The predicted octanol–water partition coefficient (Wildman–Crippen LogP) is 2.29. The molecule has 0 saturated carbocycles. The molecule has 56 valence electrons. The molecule has 0 N–H and O–H groups in total. The van der Waals surface area contributed by atoms with Gasteiger partial charge in [-0.15, -0.1) is 0 Å². The number of unbranched alkanes of at least 4 members (excludes halogenated alkanes) is 1. The Kier molecular flexibility index (Phi) is 3.51. The molecule has 0 aromatic heterocycles. The van der Waals surface area contributed by atoms with E-state index >= 15 is 0 Å². The van der Waals surface area contributed by atoms with Crippen LogP contribution in [0.4, 0.5) is 0 Å². The van der Waals surface area contributed by atoms with Crippen LogP contribution in [0.2, 0.25) is 11.6 Å². The van der Waals surface area contributed by atoms with Gasteiger partial charge in [0.1, 0.15) is 0 Å². The highest BCUT2D eigenvalue weighted by Crippen LogP contribution is 2.15. The Labute approximate surface area is 65.8 Å². The first-order valence-electron chi connectivity index (χ1n) is 4.28. The molecule has 0 fully saturated rings. The summed E-state index contributed by atoms with van der Waals surface area (Å²) in [5, 5.41) is 0. The summed E-state index contributed by atoms with van der Waals surface area (Å²) in [6.45, 7) is 2.27. The third kappa shape index (κ3) is 2.52. The molecule has 0 atom stereocenters. The van der Waals surface area contributed by atoms with Crippen LogP contribution in [0, 0.1) is 0 Å².